The van der Waals surface area contributed by atoms with Crippen LogP contribution in [0.4, 0.5) is 33.0 Å². The predicted octanol–water partition coefficient (Wildman–Crippen LogP) is 3.60. The number of hydrogen-bond acceptors (Lipinski definition) is 7. The van der Waals surface area contributed by atoms with Gasteiger partial charge in [-0.3, -0.25) is 0 Å². The smallest absolute Gasteiger partial charge is 0.158 e. The van der Waals surface area contributed by atoms with E-state index in [-0.39, 0.29) is 16.7 Å². The van der Waals surface area contributed by atoms with E-state index < -0.39 is 5.82 Å². The first kappa shape index (κ1) is 20.2. The topological polar surface area (TPSA) is 96.3 Å². The molecule has 7 nitrogen and oxygen atoms in total. The maximum absolute atomic E-state index is 15.8. The second-order valence-corrected chi connectivity index (χ2v) is 7.64. The first-order chi connectivity index (χ1) is 14.4. The SMILES string of the molecule is CN1CCN(c2ccc(-c3ccc(N)cc3)c(F)c2Nc2ncnc(Cl)c2N)CC1. The number of nitrogens with one attached hydrogen (secondary N) is 1. The monoisotopic (exact) mass is 427 g/mol. The highest BCUT2D eigenvalue weighted by atomic mass is 35.5. The molecular formula is C21H23ClFN7. The minimum atomic E-state index is -0.398. The van der Waals surface area contributed by atoms with Crippen LogP contribution in [-0.2, 0) is 0 Å². The van der Waals surface area contributed by atoms with Crippen LogP contribution >= 0.6 is 11.6 Å². The fraction of sp³-hybridized carbons (Fsp3) is 0.238. The molecule has 0 aliphatic carbocycles. The van der Waals surface area contributed by atoms with Gasteiger partial charge in [0.2, 0.25) is 0 Å². The van der Waals surface area contributed by atoms with Crippen molar-refractivity contribution in [2.24, 2.45) is 0 Å². The van der Waals surface area contributed by atoms with E-state index in [2.05, 4.69) is 32.1 Å². The number of benzene rings is 2. The Kier molecular flexibility index (Phi) is 5.61. The summed E-state index contributed by atoms with van der Waals surface area (Å²) in [4.78, 5) is 12.4. The molecule has 1 saturated heterocycles. The highest BCUT2D eigenvalue weighted by Crippen LogP contribution is 2.39. The highest BCUT2D eigenvalue weighted by molar-refractivity contribution is 6.32. The lowest BCUT2D eigenvalue weighted by atomic mass is 10.0. The number of anilines is 5. The minimum absolute atomic E-state index is 0.115. The van der Waals surface area contributed by atoms with Crippen molar-refractivity contribution < 1.29 is 4.39 Å². The molecule has 2 heterocycles. The third-order valence-corrected chi connectivity index (χ3v) is 5.57. The molecule has 156 valence electrons. The van der Waals surface area contributed by atoms with Gasteiger partial charge in [-0.05, 0) is 36.9 Å². The van der Waals surface area contributed by atoms with Crippen LogP contribution in [0.5, 0.6) is 0 Å². The second kappa shape index (κ2) is 8.33. The molecule has 0 saturated carbocycles. The molecule has 0 bridgehead atoms. The molecule has 30 heavy (non-hydrogen) atoms. The van der Waals surface area contributed by atoms with Gasteiger partial charge in [-0.25, -0.2) is 14.4 Å². The molecule has 0 amide bonds. The Labute approximate surface area is 179 Å². The molecule has 1 aliphatic rings. The molecule has 9 heteroatoms. The number of likely N-dealkylation sites (N-methyl/N-ethyl adjacent to an activating group) is 1. The number of piperazine rings is 1. The summed E-state index contributed by atoms with van der Waals surface area (Å²) in [7, 11) is 2.07. The summed E-state index contributed by atoms with van der Waals surface area (Å²) >= 11 is 6.03. The molecular weight excluding hydrogens is 405 g/mol. The predicted molar refractivity (Wildman–Crippen MR) is 121 cm³/mol. The molecule has 0 atom stereocenters. The number of aromatic nitrogens is 2. The lowest BCUT2D eigenvalue weighted by Gasteiger charge is -2.35. The number of nitrogen functional groups attached to an aromatic ring is 2. The van der Waals surface area contributed by atoms with Crippen LogP contribution in [-0.4, -0.2) is 48.1 Å². The summed E-state index contributed by atoms with van der Waals surface area (Å²) < 4.78 is 15.8. The van der Waals surface area contributed by atoms with E-state index in [0.717, 1.165) is 37.4 Å². The summed E-state index contributed by atoms with van der Waals surface area (Å²) in [6.07, 6.45) is 1.29. The van der Waals surface area contributed by atoms with E-state index in [1.807, 2.05) is 6.07 Å². The van der Waals surface area contributed by atoms with Gasteiger partial charge >= 0.3 is 0 Å². The van der Waals surface area contributed by atoms with Gasteiger partial charge in [0.05, 0.1) is 5.69 Å². The van der Waals surface area contributed by atoms with E-state index in [1.165, 1.54) is 6.33 Å². The number of halogens is 2. The Balaban J connectivity index is 1.81. The van der Waals surface area contributed by atoms with Gasteiger partial charge in [-0.2, -0.15) is 0 Å². The highest BCUT2D eigenvalue weighted by Gasteiger charge is 2.23. The van der Waals surface area contributed by atoms with E-state index in [4.69, 9.17) is 23.1 Å². The maximum atomic E-state index is 15.8. The summed E-state index contributed by atoms with van der Waals surface area (Å²) in [6, 6.07) is 10.8. The number of nitrogens with two attached hydrogens (primary N) is 2. The van der Waals surface area contributed by atoms with Crippen LogP contribution in [0.2, 0.25) is 5.15 Å². The zero-order chi connectivity index (χ0) is 21.3. The fourth-order valence-electron chi connectivity index (χ4n) is 3.47. The van der Waals surface area contributed by atoms with Gasteiger partial charge in [0, 0.05) is 37.4 Å². The molecule has 1 fully saturated rings. The number of nitrogens with zero attached hydrogens (tertiary/aromatic N) is 4. The number of hydrogen-bond donors (Lipinski definition) is 3. The third kappa shape index (κ3) is 3.96. The van der Waals surface area contributed by atoms with E-state index in [1.54, 1.807) is 30.3 Å². The second-order valence-electron chi connectivity index (χ2n) is 7.29. The largest absolute Gasteiger partial charge is 0.399 e. The minimum Gasteiger partial charge on any atom is -0.399 e. The molecule has 2 aromatic carbocycles. The maximum Gasteiger partial charge on any atom is 0.158 e. The first-order valence-corrected chi connectivity index (χ1v) is 9.96. The molecule has 5 N–H and O–H groups in total. The van der Waals surface area contributed by atoms with Crippen LogP contribution in [0, 0.1) is 5.82 Å². The van der Waals surface area contributed by atoms with Gasteiger partial charge in [0.1, 0.15) is 17.7 Å². The van der Waals surface area contributed by atoms with Crippen LogP contribution in [0.1, 0.15) is 0 Å². The quantitative estimate of drug-likeness (QED) is 0.432. The van der Waals surface area contributed by atoms with Gasteiger partial charge in [0.15, 0.2) is 16.8 Å². The summed E-state index contributed by atoms with van der Waals surface area (Å²) in [5, 5.41) is 3.18. The Morgan fingerprint density at radius 3 is 2.40 bits per heavy atom. The molecule has 1 aromatic heterocycles. The Bertz CT molecular complexity index is 1050. The molecule has 1 aliphatic heterocycles. The Morgan fingerprint density at radius 1 is 1.00 bits per heavy atom. The van der Waals surface area contributed by atoms with Crippen LogP contribution in [0.25, 0.3) is 11.1 Å². The van der Waals surface area contributed by atoms with Crippen molar-refractivity contribution in [3.05, 3.63) is 53.7 Å². The van der Waals surface area contributed by atoms with Crippen molar-refractivity contribution in [3.8, 4) is 11.1 Å². The zero-order valence-electron chi connectivity index (χ0n) is 16.6. The first-order valence-electron chi connectivity index (χ1n) is 9.59. The van der Waals surface area contributed by atoms with Gasteiger partial charge in [0.25, 0.3) is 0 Å². The summed E-state index contributed by atoms with van der Waals surface area (Å²) in [5.41, 5.74) is 14.8. The van der Waals surface area contributed by atoms with Crippen molar-refractivity contribution in [2.45, 2.75) is 0 Å². The van der Waals surface area contributed by atoms with Crippen LogP contribution in [0.15, 0.2) is 42.7 Å². The van der Waals surface area contributed by atoms with Crippen molar-refractivity contribution in [3.63, 3.8) is 0 Å². The lowest BCUT2D eigenvalue weighted by molar-refractivity contribution is 0.313. The molecule has 0 unspecified atom stereocenters. The Hall–Kier alpha value is -3.10. The van der Waals surface area contributed by atoms with Crippen molar-refractivity contribution in [1.82, 2.24) is 14.9 Å². The van der Waals surface area contributed by atoms with Crippen molar-refractivity contribution in [1.29, 1.82) is 0 Å². The van der Waals surface area contributed by atoms with E-state index in [9.17, 15) is 0 Å². The van der Waals surface area contributed by atoms with Crippen LogP contribution < -0.4 is 21.7 Å². The molecule has 3 aromatic rings. The molecule has 0 radical (unpaired) electrons. The average molecular weight is 428 g/mol. The van der Waals surface area contributed by atoms with Gasteiger partial charge in [-0.15, -0.1) is 0 Å². The van der Waals surface area contributed by atoms with Crippen LogP contribution in [0.3, 0.4) is 0 Å². The van der Waals surface area contributed by atoms with E-state index >= 15 is 4.39 Å². The zero-order valence-corrected chi connectivity index (χ0v) is 17.3. The number of rotatable bonds is 4. The fourth-order valence-corrected chi connectivity index (χ4v) is 3.61. The average Bonchev–Trinajstić information content (AvgIpc) is 2.74. The standard InChI is InChI=1S/C21H23ClFN7/c1-29-8-10-30(11-9-29)16-7-6-15(13-2-4-14(24)5-3-13)17(23)19(16)28-21-18(25)20(22)26-12-27-21/h2-7,12H,8-11,24-25H2,1H3,(H,26,27,28). The van der Waals surface area contributed by atoms with E-state index in [0.29, 0.717) is 16.9 Å². The summed E-state index contributed by atoms with van der Waals surface area (Å²) in [6.45, 7) is 3.35. The van der Waals surface area contributed by atoms with Crippen molar-refractivity contribution in [2.75, 3.05) is 54.9 Å². The normalized spacial score (nSPS) is 14.7. The molecule has 0 spiro atoms. The Morgan fingerprint density at radius 2 is 1.70 bits per heavy atom. The van der Waals surface area contributed by atoms with Gasteiger partial charge < -0.3 is 26.6 Å². The lowest BCUT2D eigenvalue weighted by Crippen LogP contribution is -2.44. The summed E-state index contributed by atoms with van der Waals surface area (Å²) in [5.74, 6) is -0.135. The third-order valence-electron chi connectivity index (χ3n) is 5.26. The van der Waals surface area contributed by atoms with Gasteiger partial charge in [-0.1, -0.05) is 23.7 Å². The molecule has 4 rings (SSSR count). The van der Waals surface area contributed by atoms with Crippen molar-refractivity contribution >= 4 is 40.2 Å².